The molecule has 140 valence electrons. The lowest BCUT2D eigenvalue weighted by Crippen LogP contribution is -2.18. The van der Waals surface area contributed by atoms with Gasteiger partial charge in [0, 0.05) is 22.8 Å². The third kappa shape index (κ3) is 4.47. The van der Waals surface area contributed by atoms with Crippen molar-refractivity contribution in [3.05, 3.63) is 60.3 Å². The maximum absolute atomic E-state index is 12.4. The molecule has 2 aromatic carbocycles. The number of hydrogen-bond acceptors (Lipinski definition) is 4. The topological polar surface area (TPSA) is 69.6 Å². The highest BCUT2D eigenvalue weighted by molar-refractivity contribution is 5.94. The second-order valence-electron chi connectivity index (χ2n) is 6.45. The number of carbonyl (C=O) groups is 2. The Labute approximate surface area is 157 Å². The van der Waals surface area contributed by atoms with E-state index in [-0.39, 0.29) is 24.5 Å². The van der Waals surface area contributed by atoms with E-state index < -0.39 is 0 Å². The first-order valence-electron chi connectivity index (χ1n) is 8.70. The Hall–Kier alpha value is -3.28. The zero-order chi connectivity index (χ0) is 19.4. The van der Waals surface area contributed by atoms with Crippen molar-refractivity contribution in [1.82, 2.24) is 4.57 Å². The number of hydrogen-bond donors (Lipinski definition) is 1. The average molecular weight is 366 g/mol. The first kappa shape index (κ1) is 18.5. The summed E-state index contributed by atoms with van der Waals surface area (Å²) in [4.78, 5) is 24.2. The van der Waals surface area contributed by atoms with Gasteiger partial charge in [-0.2, -0.15) is 0 Å². The van der Waals surface area contributed by atoms with Gasteiger partial charge in [0.1, 0.15) is 12.3 Å². The molecule has 3 aromatic rings. The molecule has 3 rings (SSSR count). The molecule has 1 aromatic heterocycles. The van der Waals surface area contributed by atoms with E-state index >= 15 is 0 Å². The van der Waals surface area contributed by atoms with Gasteiger partial charge in [-0.05, 0) is 62.4 Å². The van der Waals surface area contributed by atoms with E-state index in [1.54, 1.807) is 45.2 Å². The second-order valence-corrected chi connectivity index (χ2v) is 6.45. The zero-order valence-corrected chi connectivity index (χ0v) is 15.6. The molecule has 0 aliphatic heterocycles. The van der Waals surface area contributed by atoms with Gasteiger partial charge in [0.25, 0.3) is 0 Å². The lowest BCUT2D eigenvalue weighted by Gasteiger charge is -2.10. The van der Waals surface area contributed by atoms with Crippen LogP contribution in [0.15, 0.2) is 54.7 Å². The highest BCUT2D eigenvalue weighted by atomic mass is 16.5. The molecule has 27 heavy (non-hydrogen) atoms. The van der Waals surface area contributed by atoms with Crippen LogP contribution in [0.5, 0.6) is 5.75 Å². The van der Waals surface area contributed by atoms with Crippen molar-refractivity contribution in [2.24, 2.45) is 0 Å². The summed E-state index contributed by atoms with van der Waals surface area (Å²) in [7, 11) is 1.62. The van der Waals surface area contributed by atoms with E-state index in [0.29, 0.717) is 11.3 Å². The predicted octanol–water partition coefficient (Wildman–Crippen LogP) is 3.85. The van der Waals surface area contributed by atoms with Gasteiger partial charge in [-0.3, -0.25) is 4.79 Å². The quantitative estimate of drug-likeness (QED) is 0.673. The third-order valence-corrected chi connectivity index (χ3v) is 4.04. The Morgan fingerprint density at radius 3 is 2.48 bits per heavy atom. The van der Waals surface area contributed by atoms with E-state index in [1.165, 1.54) is 0 Å². The van der Waals surface area contributed by atoms with Gasteiger partial charge in [-0.15, -0.1) is 0 Å². The minimum Gasteiger partial charge on any atom is -0.497 e. The van der Waals surface area contributed by atoms with Crippen LogP contribution in [0.4, 0.5) is 5.69 Å². The van der Waals surface area contributed by atoms with Gasteiger partial charge < -0.3 is 19.4 Å². The smallest absolute Gasteiger partial charge is 0.338 e. The van der Waals surface area contributed by atoms with E-state index in [0.717, 1.165) is 16.7 Å². The van der Waals surface area contributed by atoms with Crippen LogP contribution in [-0.4, -0.2) is 29.7 Å². The molecule has 0 saturated heterocycles. The monoisotopic (exact) mass is 366 g/mol. The lowest BCUT2D eigenvalue weighted by atomic mass is 10.2. The SMILES string of the molecule is COc1ccc2c(ccn2CC(=O)Nc2ccc(C(=O)OC(C)C)cc2)c1. The summed E-state index contributed by atoms with van der Waals surface area (Å²) in [6.45, 7) is 3.79. The van der Waals surface area contributed by atoms with Crippen LogP contribution in [-0.2, 0) is 16.1 Å². The Morgan fingerprint density at radius 2 is 1.81 bits per heavy atom. The van der Waals surface area contributed by atoms with E-state index in [2.05, 4.69) is 5.32 Å². The molecule has 0 fully saturated rings. The average Bonchev–Trinajstić information content (AvgIpc) is 3.03. The number of amides is 1. The number of nitrogens with zero attached hydrogens (tertiary/aromatic N) is 1. The van der Waals surface area contributed by atoms with Gasteiger partial charge in [-0.25, -0.2) is 4.79 Å². The van der Waals surface area contributed by atoms with Gasteiger partial charge in [-0.1, -0.05) is 0 Å². The molecular formula is C21H22N2O4. The maximum atomic E-state index is 12.4. The normalized spacial score (nSPS) is 10.8. The summed E-state index contributed by atoms with van der Waals surface area (Å²) in [5.74, 6) is 0.249. The fraction of sp³-hybridized carbons (Fsp3) is 0.238. The molecule has 1 amide bonds. The van der Waals surface area contributed by atoms with Crippen LogP contribution in [0.2, 0.25) is 0 Å². The first-order chi connectivity index (χ1) is 13.0. The van der Waals surface area contributed by atoms with Gasteiger partial charge in [0.15, 0.2) is 0 Å². The number of nitrogens with one attached hydrogen (secondary N) is 1. The number of carbonyl (C=O) groups excluding carboxylic acids is 2. The molecule has 6 nitrogen and oxygen atoms in total. The molecule has 0 spiro atoms. The summed E-state index contributed by atoms with van der Waals surface area (Å²) in [5.41, 5.74) is 2.03. The number of ether oxygens (including phenoxy) is 2. The van der Waals surface area contributed by atoms with Crippen molar-refractivity contribution in [1.29, 1.82) is 0 Å². The van der Waals surface area contributed by atoms with Crippen molar-refractivity contribution >= 4 is 28.5 Å². The number of benzene rings is 2. The van der Waals surface area contributed by atoms with E-state index in [4.69, 9.17) is 9.47 Å². The molecule has 0 aliphatic carbocycles. The minimum absolute atomic E-state index is 0.152. The number of fused-ring (bicyclic) bond motifs is 1. The van der Waals surface area contributed by atoms with Crippen LogP contribution < -0.4 is 10.1 Å². The molecule has 0 radical (unpaired) electrons. The summed E-state index contributed by atoms with van der Waals surface area (Å²) < 4.78 is 12.2. The predicted molar refractivity (Wildman–Crippen MR) is 104 cm³/mol. The Morgan fingerprint density at radius 1 is 1.07 bits per heavy atom. The second kappa shape index (κ2) is 7.95. The summed E-state index contributed by atoms with van der Waals surface area (Å²) in [5, 5.41) is 3.85. The van der Waals surface area contributed by atoms with Crippen molar-refractivity contribution < 1.29 is 19.1 Å². The van der Waals surface area contributed by atoms with Crippen molar-refractivity contribution in [3.63, 3.8) is 0 Å². The largest absolute Gasteiger partial charge is 0.497 e. The molecule has 0 atom stereocenters. The maximum Gasteiger partial charge on any atom is 0.338 e. The molecule has 1 N–H and O–H groups in total. The lowest BCUT2D eigenvalue weighted by molar-refractivity contribution is -0.116. The fourth-order valence-electron chi connectivity index (χ4n) is 2.77. The number of esters is 1. The van der Waals surface area contributed by atoms with E-state index in [1.807, 2.05) is 35.0 Å². The van der Waals surface area contributed by atoms with Crippen LogP contribution in [0.25, 0.3) is 10.9 Å². The van der Waals surface area contributed by atoms with Crippen molar-refractivity contribution in [2.45, 2.75) is 26.5 Å². The van der Waals surface area contributed by atoms with Crippen LogP contribution in [0.3, 0.4) is 0 Å². The third-order valence-electron chi connectivity index (χ3n) is 4.04. The van der Waals surface area contributed by atoms with Crippen LogP contribution >= 0.6 is 0 Å². The summed E-state index contributed by atoms with van der Waals surface area (Å²) in [6.07, 6.45) is 1.70. The molecule has 1 heterocycles. The van der Waals surface area contributed by atoms with Crippen molar-refractivity contribution in [2.75, 3.05) is 12.4 Å². The molecule has 0 saturated carbocycles. The number of methoxy groups -OCH3 is 1. The highest BCUT2D eigenvalue weighted by Crippen LogP contribution is 2.22. The number of rotatable bonds is 6. The molecule has 6 heteroatoms. The minimum atomic E-state index is -0.378. The van der Waals surface area contributed by atoms with Crippen LogP contribution in [0.1, 0.15) is 24.2 Å². The summed E-state index contributed by atoms with van der Waals surface area (Å²) >= 11 is 0. The van der Waals surface area contributed by atoms with Gasteiger partial charge >= 0.3 is 5.97 Å². The number of aromatic nitrogens is 1. The van der Waals surface area contributed by atoms with Crippen LogP contribution in [0, 0.1) is 0 Å². The van der Waals surface area contributed by atoms with E-state index in [9.17, 15) is 9.59 Å². The Kier molecular flexibility index (Phi) is 5.45. The fourth-order valence-corrected chi connectivity index (χ4v) is 2.77. The van der Waals surface area contributed by atoms with Gasteiger partial charge in [0.05, 0.1) is 18.8 Å². The molecule has 0 bridgehead atoms. The molecular weight excluding hydrogens is 344 g/mol. The van der Waals surface area contributed by atoms with Crippen molar-refractivity contribution in [3.8, 4) is 5.75 Å². The highest BCUT2D eigenvalue weighted by Gasteiger charge is 2.11. The molecule has 0 unspecified atom stereocenters. The van der Waals surface area contributed by atoms with Gasteiger partial charge in [0.2, 0.25) is 5.91 Å². The Balaban J connectivity index is 1.65. The Bertz CT molecular complexity index is 958. The zero-order valence-electron chi connectivity index (χ0n) is 15.6. The standard InChI is InChI=1S/C21H22N2O4/c1-14(2)27-21(25)15-4-6-17(7-5-15)22-20(24)13-23-11-10-16-12-18(26-3)8-9-19(16)23/h4-12,14H,13H2,1-3H3,(H,22,24). The first-order valence-corrected chi connectivity index (χ1v) is 8.70. The number of anilines is 1. The summed E-state index contributed by atoms with van der Waals surface area (Å²) in [6, 6.07) is 14.3. The molecule has 0 aliphatic rings.